The van der Waals surface area contributed by atoms with Gasteiger partial charge in [-0.2, -0.15) is 0 Å². The van der Waals surface area contributed by atoms with E-state index in [4.69, 9.17) is 5.11 Å². The van der Waals surface area contributed by atoms with E-state index in [0.717, 1.165) is 20.0 Å². The fraction of sp³-hybridized carbons (Fsp3) is 1.00. The van der Waals surface area contributed by atoms with Crippen molar-refractivity contribution >= 4 is 0 Å². The second-order valence-corrected chi connectivity index (χ2v) is 2.79. The molecule has 0 aromatic rings. The maximum absolute atomic E-state index is 10.1. The Hall–Kier alpha value is -0.640. The van der Waals surface area contributed by atoms with Crippen molar-refractivity contribution in [2.45, 2.75) is 38.8 Å². The molecule has 0 aliphatic heterocycles. The smallest absolute Gasteiger partial charge is 0.0529 e. The van der Waals surface area contributed by atoms with Gasteiger partial charge in [0.05, 0.1) is 11.3 Å². The van der Waals surface area contributed by atoms with E-state index in [0.29, 0.717) is 6.04 Å². The summed E-state index contributed by atoms with van der Waals surface area (Å²) in [4.78, 5) is 10.1. The Morgan fingerprint density at radius 3 is 2.00 bits per heavy atom. The Balaban J connectivity index is 0.000000461. The van der Waals surface area contributed by atoms with Crippen LogP contribution in [0.4, 0.5) is 0 Å². The number of nitrogens with zero attached hydrogens (tertiary/aromatic N) is 2. The minimum atomic E-state index is 0.273. The highest BCUT2D eigenvalue weighted by Crippen LogP contribution is 2.28. The fourth-order valence-electron chi connectivity index (χ4n) is 0.922. The minimum absolute atomic E-state index is 0.273. The van der Waals surface area contributed by atoms with Gasteiger partial charge in [0.1, 0.15) is 0 Å². The van der Waals surface area contributed by atoms with Gasteiger partial charge >= 0.3 is 0 Å². The SMILES string of the molecule is CC(C)N(N=O)C1CC1.CO. The molecule has 1 N–H and O–H groups in total. The molecular weight excluding hydrogens is 144 g/mol. The Kier molecular flexibility index (Phi) is 4.77. The van der Waals surface area contributed by atoms with Crippen molar-refractivity contribution in [2.24, 2.45) is 5.29 Å². The summed E-state index contributed by atoms with van der Waals surface area (Å²) in [6.45, 7) is 3.97. The summed E-state index contributed by atoms with van der Waals surface area (Å²) >= 11 is 0. The topological polar surface area (TPSA) is 52.9 Å². The number of aliphatic hydroxyl groups is 1. The van der Waals surface area contributed by atoms with Gasteiger partial charge in [0.25, 0.3) is 0 Å². The normalized spacial score (nSPS) is 15.4. The highest BCUT2D eigenvalue weighted by Gasteiger charge is 2.30. The lowest BCUT2D eigenvalue weighted by Gasteiger charge is -2.17. The molecule has 1 saturated carbocycles. The first-order valence-corrected chi connectivity index (χ1v) is 3.82. The zero-order valence-electron chi connectivity index (χ0n) is 7.32. The zero-order chi connectivity index (χ0) is 8.85. The molecule has 0 aromatic carbocycles. The molecule has 4 heteroatoms. The largest absolute Gasteiger partial charge is 0.400 e. The third-order valence-electron chi connectivity index (χ3n) is 1.54. The summed E-state index contributed by atoms with van der Waals surface area (Å²) in [5, 5.41) is 11.6. The van der Waals surface area contributed by atoms with Crippen LogP contribution in [0.5, 0.6) is 0 Å². The summed E-state index contributed by atoms with van der Waals surface area (Å²) in [5.74, 6) is 0. The van der Waals surface area contributed by atoms with Crippen LogP contribution in [-0.2, 0) is 0 Å². The maximum Gasteiger partial charge on any atom is 0.0529 e. The van der Waals surface area contributed by atoms with Crippen molar-refractivity contribution in [3.05, 3.63) is 4.91 Å². The molecular formula is C7H16N2O2. The van der Waals surface area contributed by atoms with Gasteiger partial charge in [0.2, 0.25) is 0 Å². The van der Waals surface area contributed by atoms with Crippen molar-refractivity contribution in [1.29, 1.82) is 0 Å². The van der Waals surface area contributed by atoms with Crippen molar-refractivity contribution in [3.8, 4) is 0 Å². The summed E-state index contributed by atoms with van der Waals surface area (Å²) in [6.07, 6.45) is 2.29. The van der Waals surface area contributed by atoms with Crippen molar-refractivity contribution in [3.63, 3.8) is 0 Å². The highest BCUT2D eigenvalue weighted by atomic mass is 16.3. The summed E-state index contributed by atoms with van der Waals surface area (Å²) in [5.41, 5.74) is 0. The molecule has 0 saturated heterocycles. The molecule has 0 aromatic heterocycles. The van der Waals surface area contributed by atoms with Crippen LogP contribution in [0.1, 0.15) is 26.7 Å². The van der Waals surface area contributed by atoms with Gasteiger partial charge in [0.15, 0.2) is 0 Å². The molecule has 0 amide bonds. The molecule has 0 unspecified atom stereocenters. The van der Waals surface area contributed by atoms with Crippen LogP contribution in [0.15, 0.2) is 5.29 Å². The molecule has 0 bridgehead atoms. The van der Waals surface area contributed by atoms with Gasteiger partial charge < -0.3 is 5.11 Å². The molecule has 0 spiro atoms. The first-order chi connectivity index (χ1) is 5.25. The molecule has 0 heterocycles. The van der Waals surface area contributed by atoms with Crippen LogP contribution in [-0.4, -0.2) is 29.3 Å². The lowest BCUT2D eigenvalue weighted by molar-refractivity contribution is 0.218. The molecule has 1 fully saturated rings. The van der Waals surface area contributed by atoms with E-state index in [1.54, 1.807) is 5.01 Å². The molecule has 1 aliphatic rings. The Labute approximate surface area is 67.1 Å². The third-order valence-corrected chi connectivity index (χ3v) is 1.54. The van der Waals surface area contributed by atoms with Gasteiger partial charge in [-0.25, -0.2) is 0 Å². The van der Waals surface area contributed by atoms with Gasteiger partial charge in [-0.05, 0) is 26.7 Å². The summed E-state index contributed by atoms with van der Waals surface area (Å²) < 4.78 is 0. The Bertz CT molecular complexity index is 111. The van der Waals surface area contributed by atoms with Gasteiger partial charge in [-0.15, -0.1) is 4.91 Å². The predicted octanol–water partition coefficient (Wildman–Crippen LogP) is 1.15. The van der Waals surface area contributed by atoms with Crippen LogP contribution in [0.2, 0.25) is 0 Å². The van der Waals surface area contributed by atoms with E-state index < -0.39 is 0 Å². The van der Waals surface area contributed by atoms with Gasteiger partial charge in [-0.3, -0.25) is 5.01 Å². The zero-order valence-corrected chi connectivity index (χ0v) is 7.32. The third kappa shape index (κ3) is 3.32. The van der Waals surface area contributed by atoms with Gasteiger partial charge in [0, 0.05) is 13.2 Å². The van der Waals surface area contributed by atoms with Crippen LogP contribution in [0.3, 0.4) is 0 Å². The molecule has 1 aliphatic carbocycles. The standard InChI is InChI=1S/C6H12N2O.CH4O/c1-5(2)8(7-9)6-3-4-6;1-2/h5-6H,3-4H2,1-2H3;2H,1H3. The Morgan fingerprint density at radius 2 is 1.91 bits per heavy atom. The van der Waals surface area contributed by atoms with E-state index in [9.17, 15) is 4.91 Å². The molecule has 0 radical (unpaired) electrons. The van der Waals surface area contributed by atoms with E-state index >= 15 is 0 Å². The van der Waals surface area contributed by atoms with Crippen molar-refractivity contribution in [1.82, 2.24) is 5.01 Å². The van der Waals surface area contributed by atoms with E-state index in [2.05, 4.69) is 5.29 Å². The Morgan fingerprint density at radius 1 is 1.45 bits per heavy atom. The van der Waals surface area contributed by atoms with E-state index in [1.165, 1.54) is 0 Å². The fourth-order valence-corrected chi connectivity index (χ4v) is 0.922. The minimum Gasteiger partial charge on any atom is -0.400 e. The average Bonchev–Trinajstić information content (AvgIpc) is 2.77. The second kappa shape index (κ2) is 5.07. The van der Waals surface area contributed by atoms with E-state index in [1.807, 2.05) is 13.8 Å². The first kappa shape index (κ1) is 10.4. The molecule has 4 nitrogen and oxygen atoms in total. The lowest BCUT2D eigenvalue weighted by Crippen LogP contribution is -2.26. The number of hydrogen-bond acceptors (Lipinski definition) is 3. The lowest BCUT2D eigenvalue weighted by atomic mass is 10.4. The molecule has 11 heavy (non-hydrogen) atoms. The number of nitroso groups, excluding NO2 is 1. The maximum atomic E-state index is 10.1. The molecule has 66 valence electrons. The average molecular weight is 160 g/mol. The van der Waals surface area contributed by atoms with E-state index in [-0.39, 0.29) is 6.04 Å². The number of rotatable bonds is 3. The van der Waals surface area contributed by atoms with Crippen molar-refractivity contribution < 1.29 is 5.11 Å². The van der Waals surface area contributed by atoms with Crippen LogP contribution in [0.25, 0.3) is 0 Å². The number of aliphatic hydroxyl groups excluding tert-OH is 1. The summed E-state index contributed by atoms with van der Waals surface area (Å²) in [7, 11) is 1.00. The van der Waals surface area contributed by atoms with Gasteiger partial charge in [-0.1, -0.05) is 0 Å². The van der Waals surface area contributed by atoms with Crippen molar-refractivity contribution in [2.75, 3.05) is 7.11 Å². The molecule has 0 atom stereocenters. The highest BCUT2D eigenvalue weighted by molar-refractivity contribution is 4.83. The van der Waals surface area contributed by atoms with Crippen LogP contribution >= 0.6 is 0 Å². The second-order valence-electron chi connectivity index (χ2n) is 2.79. The van der Waals surface area contributed by atoms with Crippen LogP contribution < -0.4 is 0 Å². The monoisotopic (exact) mass is 160 g/mol. The quantitative estimate of drug-likeness (QED) is 0.497. The first-order valence-electron chi connectivity index (χ1n) is 3.82. The van der Waals surface area contributed by atoms with Crippen LogP contribution in [0, 0.1) is 4.91 Å². The molecule has 1 rings (SSSR count). The summed E-state index contributed by atoms with van der Waals surface area (Å²) in [6, 6.07) is 0.734. The number of hydrogen-bond donors (Lipinski definition) is 1. The predicted molar refractivity (Wildman–Crippen MR) is 43.9 cm³/mol.